The molecule has 4 heteroatoms. The van der Waals surface area contributed by atoms with Crippen molar-refractivity contribution in [2.24, 2.45) is 0 Å². The summed E-state index contributed by atoms with van der Waals surface area (Å²) in [7, 11) is 0. The summed E-state index contributed by atoms with van der Waals surface area (Å²) in [4.78, 5) is 12.3. The molecule has 0 aromatic heterocycles. The van der Waals surface area contributed by atoms with Gasteiger partial charge < -0.3 is 14.8 Å². The minimum absolute atomic E-state index is 0.157. The first-order chi connectivity index (χ1) is 10.7. The molecule has 2 aromatic carbocycles. The van der Waals surface area contributed by atoms with E-state index in [2.05, 4.69) is 5.32 Å². The Morgan fingerprint density at radius 3 is 2.27 bits per heavy atom. The molecule has 22 heavy (non-hydrogen) atoms. The van der Waals surface area contributed by atoms with Gasteiger partial charge in [-0.3, -0.25) is 4.79 Å². The Kier molecular flexibility index (Phi) is 5.83. The second kappa shape index (κ2) is 8.08. The molecule has 116 valence electrons. The normalized spacial score (nSPS) is 11.5. The van der Waals surface area contributed by atoms with Crippen LogP contribution in [0.5, 0.6) is 11.5 Å². The fraction of sp³-hybridized carbons (Fsp3) is 0.278. The molecule has 1 atom stereocenters. The average molecular weight is 299 g/mol. The van der Waals surface area contributed by atoms with E-state index in [0.29, 0.717) is 18.8 Å². The largest absolute Gasteiger partial charge is 0.494 e. The zero-order chi connectivity index (χ0) is 15.8. The van der Waals surface area contributed by atoms with Crippen LogP contribution in [-0.4, -0.2) is 18.6 Å². The number of anilines is 1. The van der Waals surface area contributed by atoms with E-state index in [-0.39, 0.29) is 5.91 Å². The van der Waals surface area contributed by atoms with Crippen molar-refractivity contribution in [2.75, 3.05) is 11.9 Å². The molecule has 1 amide bonds. The highest BCUT2D eigenvalue weighted by atomic mass is 16.5. The van der Waals surface area contributed by atoms with Gasteiger partial charge in [-0.25, -0.2) is 0 Å². The van der Waals surface area contributed by atoms with E-state index in [1.54, 1.807) is 0 Å². The molecular formula is C18H21NO3. The van der Waals surface area contributed by atoms with E-state index in [1.807, 2.05) is 68.4 Å². The molecule has 0 aliphatic rings. The molecule has 0 aliphatic carbocycles. The fourth-order valence-electron chi connectivity index (χ4n) is 2.01. The van der Waals surface area contributed by atoms with Gasteiger partial charge in [-0.15, -0.1) is 0 Å². The van der Waals surface area contributed by atoms with Crippen molar-refractivity contribution in [1.29, 1.82) is 0 Å². The van der Waals surface area contributed by atoms with Crippen LogP contribution >= 0.6 is 0 Å². The minimum Gasteiger partial charge on any atom is -0.494 e. The number of carbonyl (C=O) groups is 1. The van der Waals surface area contributed by atoms with Gasteiger partial charge in [0.05, 0.1) is 6.61 Å². The SMILES string of the molecule is CCOc1ccc(NC(=O)[C@@H](CC)Oc2ccccc2)cc1. The molecule has 4 nitrogen and oxygen atoms in total. The highest BCUT2D eigenvalue weighted by Crippen LogP contribution is 2.17. The van der Waals surface area contributed by atoms with Crippen LogP contribution in [0.3, 0.4) is 0 Å². The average Bonchev–Trinajstić information content (AvgIpc) is 2.55. The minimum atomic E-state index is -0.519. The monoisotopic (exact) mass is 299 g/mol. The van der Waals surface area contributed by atoms with Crippen LogP contribution in [0.2, 0.25) is 0 Å². The Hall–Kier alpha value is -2.49. The number of hydrogen-bond donors (Lipinski definition) is 1. The Morgan fingerprint density at radius 2 is 1.68 bits per heavy atom. The number of amides is 1. The van der Waals surface area contributed by atoms with E-state index < -0.39 is 6.10 Å². The van der Waals surface area contributed by atoms with E-state index in [0.717, 1.165) is 11.4 Å². The quantitative estimate of drug-likeness (QED) is 0.844. The van der Waals surface area contributed by atoms with Crippen LogP contribution in [0, 0.1) is 0 Å². The molecule has 0 bridgehead atoms. The maximum absolute atomic E-state index is 12.3. The summed E-state index contributed by atoms with van der Waals surface area (Å²) in [5, 5.41) is 2.86. The predicted octanol–water partition coefficient (Wildman–Crippen LogP) is 3.88. The zero-order valence-electron chi connectivity index (χ0n) is 12.9. The number of benzene rings is 2. The van der Waals surface area contributed by atoms with Crippen molar-refractivity contribution in [1.82, 2.24) is 0 Å². The van der Waals surface area contributed by atoms with Gasteiger partial charge in [-0.05, 0) is 49.7 Å². The van der Waals surface area contributed by atoms with Crippen LogP contribution in [0.4, 0.5) is 5.69 Å². The Labute approximate surface area is 131 Å². The molecule has 1 N–H and O–H groups in total. The van der Waals surface area contributed by atoms with Gasteiger partial charge in [0.1, 0.15) is 11.5 Å². The second-order valence-electron chi connectivity index (χ2n) is 4.77. The first-order valence-electron chi connectivity index (χ1n) is 7.48. The molecule has 0 spiro atoms. The highest BCUT2D eigenvalue weighted by molar-refractivity contribution is 5.94. The number of ether oxygens (including phenoxy) is 2. The van der Waals surface area contributed by atoms with Gasteiger partial charge in [0.25, 0.3) is 5.91 Å². The molecule has 0 fully saturated rings. The zero-order valence-corrected chi connectivity index (χ0v) is 12.9. The third-order valence-corrected chi connectivity index (χ3v) is 3.12. The van der Waals surface area contributed by atoms with Crippen molar-refractivity contribution in [2.45, 2.75) is 26.4 Å². The van der Waals surface area contributed by atoms with Gasteiger partial charge in [-0.1, -0.05) is 25.1 Å². The van der Waals surface area contributed by atoms with Crippen molar-refractivity contribution in [3.8, 4) is 11.5 Å². The van der Waals surface area contributed by atoms with Crippen molar-refractivity contribution in [3.63, 3.8) is 0 Å². The summed E-state index contributed by atoms with van der Waals surface area (Å²) in [6, 6.07) is 16.7. The first-order valence-corrected chi connectivity index (χ1v) is 7.48. The first kappa shape index (κ1) is 15.9. The van der Waals surface area contributed by atoms with Crippen LogP contribution in [0.25, 0.3) is 0 Å². The molecule has 0 saturated carbocycles. The Balaban J connectivity index is 1.96. The number of rotatable bonds is 7. The maximum atomic E-state index is 12.3. The second-order valence-corrected chi connectivity index (χ2v) is 4.77. The number of hydrogen-bond acceptors (Lipinski definition) is 3. The lowest BCUT2D eigenvalue weighted by Crippen LogP contribution is -2.32. The molecule has 0 radical (unpaired) electrons. The van der Waals surface area contributed by atoms with Crippen LogP contribution in [-0.2, 0) is 4.79 Å². The lowest BCUT2D eigenvalue weighted by atomic mass is 10.2. The predicted molar refractivity (Wildman–Crippen MR) is 87.4 cm³/mol. The van der Waals surface area contributed by atoms with E-state index >= 15 is 0 Å². The van der Waals surface area contributed by atoms with Gasteiger partial charge in [0.2, 0.25) is 0 Å². The van der Waals surface area contributed by atoms with E-state index in [4.69, 9.17) is 9.47 Å². The highest BCUT2D eigenvalue weighted by Gasteiger charge is 2.18. The lowest BCUT2D eigenvalue weighted by molar-refractivity contribution is -0.122. The smallest absolute Gasteiger partial charge is 0.265 e. The number of carbonyl (C=O) groups excluding carboxylic acids is 1. The summed E-state index contributed by atoms with van der Waals surface area (Å²) >= 11 is 0. The topological polar surface area (TPSA) is 47.6 Å². The maximum Gasteiger partial charge on any atom is 0.265 e. The number of para-hydroxylation sites is 1. The Bertz CT molecular complexity index is 581. The molecule has 0 aliphatic heterocycles. The van der Waals surface area contributed by atoms with Crippen LogP contribution in [0.15, 0.2) is 54.6 Å². The van der Waals surface area contributed by atoms with Crippen molar-refractivity contribution >= 4 is 11.6 Å². The molecule has 2 rings (SSSR count). The summed E-state index contributed by atoms with van der Waals surface area (Å²) < 4.78 is 11.1. The van der Waals surface area contributed by atoms with Gasteiger partial charge in [0, 0.05) is 5.69 Å². The fourth-order valence-corrected chi connectivity index (χ4v) is 2.01. The van der Waals surface area contributed by atoms with Crippen LogP contribution in [0.1, 0.15) is 20.3 Å². The summed E-state index contributed by atoms with van der Waals surface area (Å²) in [5.41, 5.74) is 0.726. The van der Waals surface area contributed by atoms with Crippen molar-refractivity contribution < 1.29 is 14.3 Å². The van der Waals surface area contributed by atoms with Gasteiger partial charge in [-0.2, -0.15) is 0 Å². The lowest BCUT2D eigenvalue weighted by Gasteiger charge is -2.17. The molecular weight excluding hydrogens is 278 g/mol. The standard InChI is InChI=1S/C18H21NO3/c1-3-17(22-16-8-6-5-7-9-16)18(20)19-14-10-12-15(13-11-14)21-4-2/h5-13,17H,3-4H2,1-2H3,(H,19,20)/t17-/m1/s1. The number of nitrogens with one attached hydrogen (secondary N) is 1. The van der Waals surface area contributed by atoms with Gasteiger partial charge >= 0.3 is 0 Å². The molecule has 0 heterocycles. The molecule has 0 saturated heterocycles. The van der Waals surface area contributed by atoms with E-state index in [1.165, 1.54) is 0 Å². The molecule has 2 aromatic rings. The third kappa shape index (κ3) is 4.52. The summed E-state index contributed by atoms with van der Waals surface area (Å²) in [5.74, 6) is 1.32. The van der Waals surface area contributed by atoms with E-state index in [9.17, 15) is 4.79 Å². The summed E-state index contributed by atoms with van der Waals surface area (Å²) in [6.07, 6.45) is 0.0755. The Morgan fingerprint density at radius 1 is 1.00 bits per heavy atom. The van der Waals surface area contributed by atoms with Gasteiger partial charge in [0.15, 0.2) is 6.10 Å². The van der Waals surface area contributed by atoms with Crippen LogP contribution < -0.4 is 14.8 Å². The third-order valence-electron chi connectivity index (χ3n) is 3.12. The van der Waals surface area contributed by atoms with Crippen molar-refractivity contribution in [3.05, 3.63) is 54.6 Å². The molecule has 0 unspecified atom stereocenters. The summed E-state index contributed by atoms with van der Waals surface area (Å²) in [6.45, 7) is 4.47.